The fourth-order valence-corrected chi connectivity index (χ4v) is 1.41. The zero-order valence-electron chi connectivity index (χ0n) is 9.94. The highest BCUT2D eigenvalue weighted by Gasteiger charge is 2.09. The molecule has 6 heteroatoms. The highest BCUT2D eigenvalue weighted by molar-refractivity contribution is 6.30. The molecule has 2 aromatic heterocycles. The standard InChI is InChI=1S/C12H11ClN4O/c1-7-5-11(17-16-8(7)2)15-12(18)10-4-3-9(13)6-14-10/h3-6H,1-2H3,(H,15,17,18). The van der Waals surface area contributed by atoms with Crippen molar-refractivity contribution in [3.05, 3.63) is 46.4 Å². The minimum Gasteiger partial charge on any atom is -0.304 e. The summed E-state index contributed by atoms with van der Waals surface area (Å²) in [6.45, 7) is 3.76. The number of hydrogen-bond acceptors (Lipinski definition) is 4. The predicted molar refractivity (Wildman–Crippen MR) is 68.7 cm³/mol. The van der Waals surface area contributed by atoms with E-state index >= 15 is 0 Å². The first kappa shape index (κ1) is 12.4. The number of aromatic nitrogens is 3. The van der Waals surface area contributed by atoms with Crippen LogP contribution in [0.25, 0.3) is 0 Å². The number of anilines is 1. The van der Waals surface area contributed by atoms with Crippen LogP contribution in [0.2, 0.25) is 5.02 Å². The van der Waals surface area contributed by atoms with E-state index in [4.69, 9.17) is 11.6 Å². The molecule has 0 radical (unpaired) electrons. The van der Waals surface area contributed by atoms with Crippen molar-refractivity contribution in [2.45, 2.75) is 13.8 Å². The maximum atomic E-state index is 11.8. The third kappa shape index (κ3) is 2.81. The lowest BCUT2D eigenvalue weighted by atomic mass is 10.2. The maximum Gasteiger partial charge on any atom is 0.275 e. The van der Waals surface area contributed by atoms with Gasteiger partial charge in [0.05, 0.1) is 10.7 Å². The first-order valence-electron chi connectivity index (χ1n) is 5.30. The predicted octanol–water partition coefficient (Wildman–Crippen LogP) is 2.39. The number of halogens is 1. The Morgan fingerprint density at radius 3 is 2.67 bits per heavy atom. The number of amides is 1. The molecule has 0 aromatic carbocycles. The van der Waals surface area contributed by atoms with Gasteiger partial charge in [-0.3, -0.25) is 4.79 Å². The molecule has 0 spiro atoms. The van der Waals surface area contributed by atoms with Crippen LogP contribution < -0.4 is 5.32 Å². The molecule has 0 saturated heterocycles. The molecule has 1 N–H and O–H groups in total. The van der Waals surface area contributed by atoms with Crippen molar-refractivity contribution in [2.75, 3.05) is 5.32 Å². The zero-order chi connectivity index (χ0) is 13.1. The summed E-state index contributed by atoms with van der Waals surface area (Å²) in [7, 11) is 0. The average Bonchev–Trinajstić information content (AvgIpc) is 2.34. The fourth-order valence-electron chi connectivity index (χ4n) is 1.30. The highest BCUT2D eigenvalue weighted by Crippen LogP contribution is 2.10. The summed E-state index contributed by atoms with van der Waals surface area (Å²) in [5.41, 5.74) is 2.07. The molecule has 0 bridgehead atoms. The molecule has 92 valence electrons. The van der Waals surface area contributed by atoms with E-state index in [9.17, 15) is 4.79 Å². The molecule has 0 aliphatic heterocycles. The van der Waals surface area contributed by atoms with Gasteiger partial charge in [0.2, 0.25) is 0 Å². The Balaban J connectivity index is 2.16. The smallest absolute Gasteiger partial charge is 0.275 e. The minimum atomic E-state index is -0.343. The number of nitrogens with one attached hydrogen (secondary N) is 1. The number of aryl methyl sites for hydroxylation is 2. The van der Waals surface area contributed by atoms with Crippen LogP contribution in [0.3, 0.4) is 0 Å². The summed E-state index contributed by atoms with van der Waals surface area (Å²) in [6, 6.07) is 4.91. The van der Waals surface area contributed by atoms with Crippen LogP contribution in [-0.4, -0.2) is 21.1 Å². The van der Waals surface area contributed by atoms with Crippen molar-refractivity contribution < 1.29 is 4.79 Å². The van der Waals surface area contributed by atoms with E-state index in [1.807, 2.05) is 13.8 Å². The van der Waals surface area contributed by atoms with Crippen molar-refractivity contribution in [3.63, 3.8) is 0 Å². The Morgan fingerprint density at radius 2 is 2.06 bits per heavy atom. The molecular formula is C12H11ClN4O. The van der Waals surface area contributed by atoms with E-state index in [0.29, 0.717) is 10.8 Å². The van der Waals surface area contributed by atoms with E-state index in [1.165, 1.54) is 6.20 Å². The molecule has 0 saturated carbocycles. The third-order valence-electron chi connectivity index (χ3n) is 2.43. The Bertz CT molecular complexity index is 583. The van der Waals surface area contributed by atoms with Crippen LogP contribution in [0.5, 0.6) is 0 Å². The van der Waals surface area contributed by atoms with Crippen molar-refractivity contribution in [1.29, 1.82) is 0 Å². The molecule has 18 heavy (non-hydrogen) atoms. The van der Waals surface area contributed by atoms with Gasteiger partial charge in [-0.1, -0.05) is 11.6 Å². The van der Waals surface area contributed by atoms with Gasteiger partial charge >= 0.3 is 0 Å². The van der Waals surface area contributed by atoms with E-state index in [1.54, 1.807) is 18.2 Å². The van der Waals surface area contributed by atoms with Gasteiger partial charge < -0.3 is 5.32 Å². The molecule has 0 aliphatic carbocycles. The molecule has 2 aromatic rings. The summed E-state index contributed by atoms with van der Waals surface area (Å²) < 4.78 is 0. The number of nitrogens with zero attached hydrogens (tertiary/aromatic N) is 3. The van der Waals surface area contributed by atoms with E-state index in [-0.39, 0.29) is 11.6 Å². The van der Waals surface area contributed by atoms with Crippen LogP contribution in [0.1, 0.15) is 21.7 Å². The average molecular weight is 263 g/mol. The first-order chi connectivity index (χ1) is 8.56. The molecule has 0 aliphatic rings. The summed E-state index contributed by atoms with van der Waals surface area (Å²) in [6.07, 6.45) is 1.42. The molecular weight excluding hydrogens is 252 g/mol. The molecule has 2 heterocycles. The minimum absolute atomic E-state index is 0.277. The van der Waals surface area contributed by atoms with Crippen molar-refractivity contribution in [1.82, 2.24) is 15.2 Å². The summed E-state index contributed by atoms with van der Waals surface area (Å²) in [5, 5.41) is 10.9. The van der Waals surface area contributed by atoms with Crippen molar-refractivity contribution in [3.8, 4) is 0 Å². The molecule has 2 rings (SSSR count). The Labute approximate surface area is 109 Å². The SMILES string of the molecule is Cc1cc(NC(=O)c2ccc(Cl)cn2)nnc1C. The van der Waals surface area contributed by atoms with E-state index < -0.39 is 0 Å². The second-order valence-electron chi connectivity index (χ2n) is 3.81. The van der Waals surface area contributed by atoms with Crippen molar-refractivity contribution >= 4 is 23.3 Å². The zero-order valence-corrected chi connectivity index (χ0v) is 10.7. The molecule has 5 nitrogen and oxygen atoms in total. The lowest BCUT2D eigenvalue weighted by Gasteiger charge is -2.05. The van der Waals surface area contributed by atoms with Gasteiger partial charge in [0, 0.05) is 6.20 Å². The normalized spacial score (nSPS) is 10.2. The van der Waals surface area contributed by atoms with Crippen LogP contribution in [0.4, 0.5) is 5.82 Å². The molecule has 0 fully saturated rings. The van der Waals surface area contributed by atoms with Crippen LogP contribution in [0, 0.1) is 13.8 Å². The second kappa shape index (κ2) is 5.10. The molecule has 0 unspecified atom stereocenters. The van der Waals surface area contributed by atoms with Gasteiger partial charge in [-0.15, -0.1) is 5.10 Å². The Morgan fingerprint density at radius 1 is 1.28 bits per heavy atom. The molecule has 1 amide bonds. The van der Waals surface area contributed by atoms with E-state index in [2.05, 4.69) is 20.5 Å². The van der Waals surface area contributed by atoms with Crippen LogP contribution in [-0.2, 0) is 0 Å². The lowest BCUT2D eigenvalue weighted by molar-refractivity contribution is 0.102. The second-order valence-corrected chi connectivity index (χ2v) is 4.25. The molecule has 0 atom stereocenters. The van der Waals surface area contributed by atoms with Crippen molar-refractivity contribution in [2.24, 2.45) is 0 Å². The van der Waals surface area contributed by atoms with Crippen LogP contribution in [0.15, 0.2) is 24.4 Å². The lowest BCUT2D eigenvalue weighted by Crippen LogP contribution is -2.15. The van der Waals surface area contributed by atoms with Gasteiger partial charge in [0.1, 0.15) is 5.69 Å². The summed E-state index contributed by atoms with van der Waals surface area (Å²) in [4.78, 5) is 15.8. The monoisotopic (exact) mass is 262 g/mol. The van der Waals surface area contributed by atoms with Gasteiger partial charge in [0.15, 0.2) is 5.82 Å². The van der Waals surface area contributed by atoms with Gasteiger partial charge in [-0.25, -0.2) is 4.98 Å². The first-order valence-corrected chi connectivity index (χ1v) is 5.68. The number of carbonyl (C=O) groups is 1. The topological polar surface area (TPSA) is 67.8 Å². The summed E-state index contributed by atoms with van der Waals surface area (Å²) in [5.74, 6) is 0.0593. The highest BCUT2D eigenvalue weighted by atomic mass is 35.5. The van der Waals surface area contributed by atoms with Gasteiger partial charge in [-0.05, 0) is 37.6 Å². The Hall–Kier alpha value is -2.01. The largest absolute Gasteiger partial charge is 0.304 e. The number of carbonyl (C=O) groups excluding carboxylic acids is 1. The number of hydrogen-bond donors (Lipinski definition) is 1. The van der Waals surface area contributed by atoms with E-state index in [0.717, 1.165) is 11.3 Å². The quantitative estimate of drug-likeness (QED) is 0.902. The number of pyridine rings is 1. The van der Waals surface area contributed by atoms with Gasteiger partial charge in [0.25, 0.3) is 5.91 Å². The van der Waals surface area contributed by atoms with Gasteiger partial charge in [-0.2, -0.15) is 5.10 Å². The summed E-state index contributed by atoms with van der Waals surface area (Å²) >= 11 is 5.70. The Kier molecular flexibility index (Phi) is 3.53. The maximum absolute atomic E-state index is 11.8. The number of rotatable bonds is 2. The fraction of sp³-hybridized carbons (Fsp3) is 0.167. The third-order valence-corrected chi connectivity index (χ3v) is 2.66. The van der Waals surface area contributed by atoms with Crippen LogP contribution >= 0.6 is 11.6 Å².